The lowest BCUT2D eigenvalue weighted by Crippen LogP contribution is -2.14. The van der Waals surface area contributed by atoms with Crippen LogP contribution in [0.5, 0.6) is 0 Å². The minimum absolute atomic E-state index is 0.125. The van der Waals surface area contributed by atoms with Gasteiger partial charge in [0.15, 0.2) is 0 Å². The topological polar surface area (TPSA) is 96.4 Å². The maximum absolute atomic E-state index is 12.2. The van der Waals surface area contributed by atoms with E-state index in [1.165, 1.54) is 18.3 Å². The summed E-state index contributed by atoms with van der Waals surface area (Å²) in [5.41, 5.74) is 0.940. The Kier molecular flexibility index (Phi) is 4.29. The number of aromatic carboxylic acids is 1. The highest BCUT2D eigenvalue weighted by Crippen LogP contribution is 2.22. The molecule has 0 unspecified atom stereocenters. The number of halogens is 1. The van der Waals surface area contributed by atoms with Gasteiger partial charge in [-0.1, -0.05) is 0 Å². The quantitative estimate of drug-likeness (QED) is 0.862. The van der Waals surface area contributed by atoms with Gasteiger partial charge in [-0.15, -0.1) is 0 Å². The normalized spacial score (nSPS) is 11.1. The van der Waals surface area contributed by atoms with Gasteiger partial charge in [-0.2, -0.15) is 0 Å². The van der Waals surface area contributed by atoms with Crippen LogP contribution in [0.25, 0.3) is 0 Å². The number of aromatic nitrogens is 1. The van der Waals surface area contributed by atoms with Gasteiger partial charge in [-0.05, 0) is 53.2 Å². The molecule has 2 rings (SSSR count). The van der Waals surface area contributed by atoms with Gasteiger partial charge in [0.25, 0.3) is 10.0 Å². The summed E-state index contributed by atoms with van der Waals surface area (Å²) in [5, 5.41) is 9.02. The molecular weight excluding hydrogens is 360 g/mol. The van der Waals surface area contributed by atoms with Crippen LogP contribution in [0.4, 0.5) is 5.69 Å². The minimum atomic E-state index is -3.87. The van der Waals surface area contributed by atoms with Crippen LogP contribution in [0.2, 0.25) is 0 Å². The number of hydrogen-bond acceptors (Lipinski definition) is 4. The fraction of sp³-hybridized carbons (Fsp3) is 0.0769. The molecule has 8 heteroatoms. The molecule has 6 nitrogen and oxygen atoms in total. The summed E-state index contributed by atoms with van der Waals surface area (Å²) in [7, 11) is -3.87. The summed E-state index contributed by atoms with van der Waals surface area (Å²) in [6.07, 6.45) is 1.39. The van der Waals surface area contributed by atoms with Crippen LogP contribution >= 0.6 is 15.9 Å². The third-order valence-corrected chi connectivity index (χ3v) is 4.71. The Morgan fingerprint density at radius 2 is 2.00 bits per heavy atom. The highest BCUT2D eigenvalue weighted by atomic mass is 79.9. The van der Waals surface area contributed by atoms with Crippen LogP contribution in [0.15, 0.2) is 45.9 Å². The van der Waals surface area contributed by atoms with Gasteiger partial charge in [0.1, 0.15) is 0 Å². The summed E-state index contributed by atoms with van der Waals surface area (Å²) >= 11 is 3.07. The summed E-state index contributed by atoms with van der Waals surface area (Å²) in [4.78, 5) is 14.9. The summed E-state index contributed by atoms with van der Waals surface area (Å²) < 4.78 is 27.1. The average Bonchev–Trinajstić information content (AvgIpc) is 2.41. The molecule has 0 atom stereocenters. The molecule has 1 aromatic carbocycles. The van der Waals surface area contributed by atoms with Crippen molar-refractivity contribution in [3.63, 3.8) is 0 Å². The van der Waals surface area contributed by atoms with Crippen molar-refractivity contribution in [2.75, 3.05) is 4.72 Å². The molecule has 0 saturated heterocycles. The van der Waals surface area contributed by atoms with Crippen LogP contribution in [-0.2, 0) is 10.0 Å². The molecule has 0 radical (unpaired) electrons. The zero-order valence-corrected chi connectivity index (χ0v) is 13.3. The SMILES string of the molecule is Cc1ccc(NS(=O)(=O)c2ccc(Br)c(C(=O)O)c2)cn1. The van der Waals surface area contributed by atoms with Gasteiger partial charge in [-0.25, -0.2) is 13.2 Å². The monoisotopic (exact) mass is 370 g/mol. The van der Waals surface area contributed by atoms with Crippen LogP contribution < -0.4 is 4.72 Å². The molecule has 0 fully saturated rings. The van der Waals surface area contributed by atoms with Crippen molar-refractivity contribution >= 4 is 37.6 Å². The predicted octanol–water partition coefficient (Wildman–Crippen LogP) is 2.65. The van der Waals surface area contributed by atoms with Crippen molar-refractivity contribution < 1.29 is 18.3 Å². The molecule has 1 heterocycles. The third-order valence-electron chi connectivity index (χ3n) is 2.64. The van der Waals surface area contributed by atoms with Crippen molar-refractivity contribution in [3.8, 4) is 0 Å². The number of carboxylic acids is 1. The molecule has 0 aliphatic carbocycles. The minimum Gasteiger partial charge on any atom is -0.478 e. The Balaban J connectivity index is 2.38. The lowest BCUT2D eigenvalue weighted by atomic mass is 10.2. The largest absolute Gasteiger partial charge is 0.478 e. The Bertz CT molecular complexity index is 788. The van der Waals surface area contributed by atoms with Crippen molar-refractivity contribution in [3.05, 3.63) is 52.3 Å². The van der Waals surface area contributed by atoms with Crippen molar-refractivity contribution in [2.45, 2.75) is 11.8 Å². The second kappa shape index (κ2) is 5.82. The van der Waals surface area contributed by atoms with Crippen molar-refractivity contribution in [1.82, 2.24) is 4.98 Å². The Labute approximate surface area is 130 Å². The lowest BCUT2D eigenvalue weighted by Gasteiger charge is -2.09. The van der Waals surface area contributed by atoms with Crippen LogP contribution in [0.3, 0.4) is 0 Å². The van der Waals surface area contributed by atoms with Gasteiger partial charge in [-0.3, -0.25) is 9.71 Å². The number of aryl methyl sites for hydroxylation is 1. The first kappa shape index (κ1) is 15.5. The van der Waals surface area contributed by atoms with Gasteiger partial charge < -0.3 is 5.11 Å². The zero-order chi connectivity index (χ0) is 15.6. The first-order valence-corrected chi connectivity index (χ1v) is 8.05. The van der Waals surface area contributed by atoms with E-state index in [1.807, 2.05) is 0 Å². The Morgan fingerprint density at radius 1 is 1.29 bits per heavy atom. The molecule has 0 aliphatic heterocycles. The smallest absolute Gasteiger partial charge is 0.336 e. The van der Waals surface area contributed by atoms with E-state index in [4.69, 9.17) is 5.11 Å². The maximum Gasteiger partial charge on any atom is 0.336 e. The second-order valence-corrected chi connectivity index (χ2v) is 6.78. The fourth-order valence-electron chi connectivity index (χ4n) is 1.58. The van der Waals surface area contributed by atoms with Crippen molar-refractivity contribution in [1.29, 1.82) is 0 Å². The van der Waals surface area contributed by atoms with E-state index in [0.717, 1.165) is 11.8 Å². The number of carboxylic acid groups (broad SMARTS) is 1. The van der Waals surface area contributed by atoms with Crippen LogP contribution in [-0.4, -0.2) is 24.5 Å². The number of rotatable bonds is 4. The molecule has 2 aromatic rings. The molecule has 0 spiro atoms. The van der Waals surface area contributed by atoms with E-state index in [2.05, 4.69) is 25.6 Å². The number of benzene rings is 1. The zero-order valence-electron chi connectivity index (χ0n) is 10.9. The number of nitrogens with one attached hydrogen (secondary N) is 1. The van der Waals surface area contributed by atoms with E-state index in [0.29, 0.717) is 10.2 Å². The number of nitrogens with zero attached hydrogens (tertiary/aromatic N) is 1. The first-order valence-electron chi connectivity index (χ1n) is 5.78. The number of pyridine rings is 1. The molecule has 21 heavy (non-hydrogen) atoms. The molecule has 0 aliphatic rings. The second-order valence-electron chi connectivity index (χ2n) is 4.24. The van der Waals surface area contributed by atoms with Crippen molar-refractivity contribution in [2.24, 2.45) is 0 Å². The number of anilines is 1. The standard InChI is InChI=1S/C13H11BrN2O4S/c1-8-2-3-9(7-15-8)16-21(19,20)10-4-5-12(14)11(6-10)13(17)18/h2-7,16H,1H3,(H,17,18). The van der Waals surface area contributed by atoms with Gasteiger partial charge in [0, 0.05) is 10.2 Å². The van der Waals surface area contributed by atoms with Gasteiger partial charge in [0.05, 0.1) is 22.3 Å². The third kappa shape index (κ3) is 3.59. The predicted molar refractivity (Wildman–Crippen MR) is 80.9 cm³/mol. The highest BCUT2D eigenvalue weighted by molar-refractivity contribution is 9.10. The fourth-order valence-corrected chi connectivity index (χ4v) is 3.06. The molecule has 2 N–H and O–H groups in total. The van der Waals surface area contributed by atoms with Crippen LogP contribution in [0.1, 0.15) is 16.1 Å². The molecule has 1 aromatic heterocycles. The van der Waals surface area contributed by atoms with E-state index in [9.17, 15) is 13.2 Å². The van der Waals surface area contributed by atoms with Crippen LogP contribution in [0, 0.1) is 6.92 Å². The van der Waals surface area contributed by atoms with E-state index in [-0.39, 0.29) is 10.5 Å². The molecular formula is C13H11BrN2O4S. The van der Waals surface area contributed by atoms with E-state index >= 15 is 0 Å². The Morgan fingerprint density at radius 3 is 2.57 bits per heavy atom. The lowest BCUT2D eigenvalue weighted by molar-refractivity contribution is 0.0695. The molecule has 0 saturated carbocycles. The molecule has 110 valence electrons. The van der Waals surface area contributed by atoms with Gasteiger partial charge >= 0.3 is 5.97 Å². The van der Waals surface area contributed by atoms with Gasteiger partial charge in [0.2, 0.25) is 0 Å². The first-order chi connectivity index (χ1) is 9.79. The van der Waals surface area contributed by atoms with E-state index < -0.39 is 16.0 Å². The summed E-state index contributed by atoms with van der Waals surface area (Å²) in [5.74, 6) is -1.21. The number of sulfonamides is 1. The molecule has 0 amide bonds. The summed E-state index contributed by atoms with van der Waals surface area (Å²) in [6.45, 7) is 1.78. The number of hydrogen-bond donors (Lipinski definition) is 2. The van der Waals surface area contributed by atoms with E-state index in [1.54, 1.807) is 19.1 Å². The summed E-state index contributed by atoms with van der Waals surface area (Å²) in [6, 6.07) is 7.04. The average molecular weight is 371 g/mol. The number of carbonyl (C=O) groups is 1. The molecule has 0 bridgehead atoms. The Hall–Kier alpha value is -1.93. The highest BCUT2D eigenvalue weighted by Gasteiger charge is 2.18. The maximum atomic E-state index is 12.2.